The van der Waals surface area contributed by atoms with E-state index in [2.05, 4.69) is 40.1 Å². The van der Waals surface area contributed by atoms with Gasteiger partial charge in [0.1, 0.15) is 6.04 Å². The topological polar surface area (TPSA) is 105 Å². The van der Waals surface area contributed by atoms with Crippen molar-refractivity contribution in [2.45, 2.75) is 51.0 Å². The van der Waals surface area contributed by atoms with Crippen molar-refractivity contribution in [3.05, 3.63) is 65.1 Å². The van der Waals surface area contributed by atoms with E-state index in [1.54, 1.807) is 11.2 Å². The number of amides is 1. The van der Waals surface area contributed by atoms with Gasteiger partial charge in [0, 0.05) is 29.8 Å². The molecule has 9 heteroatoms. The van der Waals surface area contributed by atoms with E-state index in [4.69, 9.17) is 9.52 Å². The molecular weight excluding hydrogens is 394 g/mol. The third-order valence-electron chi connectivity index (χ3n) is 6.54. The predicted molar refractivity (Wildman–Crippen MR) is 111 cm³/mol. The fourth-order valence-corrected chi connectivity index (χ4v) is 4.37. The van der Waals surface area contributed by atoms with Gasteiger partial charge in [-0.25, -0.2) is 9.50 Å². The maximum absolute atomic E-state index is 13.5. The van der Waals surface area contributed by atoms with Gasteiger partial charge >= 0.3 is 11.8 Å². The minimum atomic E-state index is -0.418. The first-order valence-corrected chi connectivity index (χ1v) is 10.7. The molecule has 0 aromatic carbocycles. The number of rotatable bonds is 4. The van der Waals surface area contributed by atoms with Gasteiger partial charge in [0.05, 0.1) is 23.2 Å². The summed E-state index contributed by atoms with van der Waals surface area (Å²) in [5, 5.41) is 13.1. The molecule has 1 atom stereocenters. The van der Waals surface area contributed by atoms with Crippen LogP contribution in [0.4, 0.5) is 0 Å². The molecule has 0 spiro atoms. The molecule has 0 saturated heterocycles. The second-order valence-electron chi connectivity index (χ2n) is 8.67. The number of aryl methyl sites for hydroxylation is 1. The van der Waals surface area contributed by atoms with Gasteiger partial charge in [0.2, 0.25) is 5.89 Å². The Kier molecular flexibility index (Phi) is 3.84. The minimum Gasteiger partial charge on any atom is -0.416 e. The molecule has 1 saturated carbocycles. The summed E-state index contributed by atoms with van der Waals surface area (Å²) in [6.07, 6.45) is 5.24. The van der Waals surface area contributed by atoms with Gasteiger partial charge in [-0.15, -0.1) is 10.2 Å². The largest absolute Gasteiger partial charge is 0.416 e. The summed E-state index contributed by atoms with van der Waals surface area (Å²) in [5.41, 5.74) is 4.63. The Balaban J connectivity index is 1.43. The number of pyridine rings is 1. The molecule has 0 radical (unpaired) electrons. The molecular formula is C22H23N7O2. The highest BCUT2D eigenvalue weighted by Gasteiger charge is 2.45. The van der Waals surface area contributed by atoms with Crippen molar-refractivity contribution in [1.82, 2.24) is 34.7 Å². The lowest BCUT2D eigenvalue weighted by molar-refractivity contribution is 0.0643. The number of aromatic nitrogens is 6. The molecule has 1 fully saturated rings. The van der Waals surface area contributed by atoms with E-state index in [1.807, 2.05) is 22.7 Å². The number of nitrogens with zero attached hydrogens (tertiary/aromatic N) is 6. The van der Waals surface area contributed by atoms with Crippen molar-refractivity contribution in [2.75, 3.05) is 6.54 Å². The molecule has 1 N–H and O–H groups in total. The monoisotopic (exact) mass is 417 g/mol. The number of carbonyl (C=O) groups is 1. The molecule has 31 heavy (non-hydrogen) atoms. The molecule has 0 bridgehead atoms. The van der Waals surface area contributed by atoms with Crippen molar-refractivity contribution < 1.29 is 9.21 Å². The molecule has 1 aliphatic heterocycles. The van der Waals surface area contributed by atoms with Crippen LogP contribution >= 0.6 is 0 Å². The fraction of sp³-hybridized carbons (Fsp3) is 0.409. The number of aromatic amines is 1. The van der Waals surface area contributed by atoms with Crippen molar-refractivity contribution in [3.63, 3.8) is 0 Å². The van der Waals surface area contributed by atoms with Crippen LogP contribution in [0.25, 0.3) is 5.52 Å². The van der Waals surface area contributed by atoms with E-state index < -0.39 is 6.04 Å². The van der Waals surface area contributed by atoms with Crippen molar-refractivity contribution in [2.24, 2.45) is 0 Å². The molecule has 5 heterocycles. The minimum absolute atomic E-state index is 0.0325. The smallest absolute Gasteiger partial charge is 0.312 e. The third-order valence-corrected chi connectivity index (χ3v) is 6.54. The summed E-state index contributed by atoms with van der Waals surface area (Å²) in [6.45, 7) is 4.70. The van der Waals surface area contributed by atoms with E-state index in [9.17, 15) is 4.79 Å². The first-order valence-electron chi connectivity index (χ1n) is 10.7. The molecule has 1 aliphatic carbocycles. The number of H-pyrrole nitrogens is 1. The highest BCUT2D eigenvalue weighted by molar-refractivity contribution is 5.90. The first-order chi connectivity index (χ1) is 15.1. The van der Waals surface area contributed by atoms with Crippen molar-refractivity contribution >= 4 is 11.4 Å². The van der Waals surface area contributed by atoms with Gasteiger partial charge in [-0.3, -0.25) is 4.79 Å². The maximum atomic E-state index is 13.5. The summed E-state index contributed by atoms with van der Waals surface area (Å²) in [5.74, 6) is 0.296. The Morgan fingerprint density at radius 3 is 3.00 bits per heavy atom. The SMILES string of the molecule is CCc1cccc2cc([C@@H]3c4nc[nH]c4CCN3C(=O)c3nnc(C4(C)CC4)o3)nn12. The van der Waals surface area contributed by atoms with Crippen LogP contribution in [-0.2, 0) is 18.3 Å². The Morgan fingerprint density at radius 2 is 2.19 bits per heavy atom. The fourth-order valence-electron chi connectivity index (χ4n) is 4.37. The lowest BCUT2D eigenvalue weighted by Gasteiger charge is -2.32. The van der Waals surface area contributed by atoms with E-state index in [0.717, 1.165) is 47.6 Å². The Morgan fingerprint density at radius 1 is 1.32 bits per heavy atom. The van der Waals surface area contributed by atoms with Crippen LogP contribution in [0.15, 0.2) is 35.0 Å². The third kappa shape index (κ3) is 2.79. The van der Waals surface area contributed by atoms with Crippen LogP contribution < -0.4 is 0 Å². The highest BCUT2D eigenvalue weighted by atomic mass is 16.4. The predicted octanol–water partition coefficient (Wildman–Crippen LogP) is 2.84. The Labute approximate surface area is 178 Å². The van der Waals surface area contributed by atoms with Crippen molar-refractivity contribution in [3.8, 4) is 0 Å². The number of hydrogen-bond donors (Lipinski definition) is 1. The summed E-state index contributed by atoms with van der Waals surface area (Å²) in [6, 6.07) is 7.72. The molecule has 4 aromatic heterocycles. The molecule has 9 nitrogen and oxygen atoms in total. The first kappa shape index (κ1) is 18.3. The van der Waals surface area contributed by atoms with Crippen LogP contribution in [0.2, 0.25) is 0 Å². The number of imidazole rings is 1. The number of nitrogens with one attached hydrogen (secondary N) is 1. The maximum Gasteiger partial charge on any atom is 0.312 e. The van der Waals surface area contributed by atoms with Gasteiger partial charge in [-0.05, 0) is 37.5 Å². The van der Waals surface area contributed by atoms with Gasteiger partial charge in [0.25, 0.3) is 0 Å². The molecule has 0 unspecified atom stereocenters. The number of hydrogen-bond acceptors (Lipinski definition) is 6. The molecule has 2 aliphatic rings. The summed E-state index contributed by atoms with van der Waals surface area (Å²) >= 11 is 0. The normalized spacial score (nSPS) is 19.5. The Bertz CT molecular complexity index is 1300. The zero-order valence-electron chi connectivity index (χ0n) is 17.5. The second kappa shape index (κ2) is 6.50. The van der Waals surface area contributed by atoms with E-state index in [0.29, 0.717) is 18.9 Å². The summed E-state index contributed by atoms with van der Waals surface area (Å²) in [7, 11) is 0. The highest BCUT2D eigenvalue weighted by Crippen LogP contribution is 2.47. The Hall–Kier alpha value is -3.49. The quantitative estimate of drug-likeness (QED) is 0.547. The second-order valence-corrected chi connectivity index (χ2v) is 8.67. The summed E-state index contributed by atoms with van der Waals surface area (Å²) in [4.78, 5) is 23.0. The summed E-state index contributed by atoms with van der Waals surface area (Å²) < 4.78 is 7.75. The van der Waals surface area contributed by atoms with E-state index in [1.165, 1.54) is 0 Å². The van der Waals surface area contributed by atoms with Gasteiger partial charge in [-0.2, -0.15) is 5.10 Å². The van der Waals surface area contributed by atoms with E-state index >= 15 is 0 Å². The lowest BCUT2D eigenvalue weighted by atomic mass is 9.99. The molecule has 6 rings (SSSR count). The van der Waals surface area contributed by atoms with Crippen molar-refractivity contribution in [1.29, 1.82) is 0 Å². The zero-order valence-corrected chi connectivity index (χ0v) is 17.5. The average Bonchev–Trinajstić information content (AvgIpc) is 3.23. The van der Waals surface area contributed by atoms with Gasteiger partial charge in [0.15, 0.2) is 0 Å². The molecule has 4 aromatic rings. The molecule has 1 amide bonds. The molecule has 158 valence electrons. The van der Waals surface area contributed by atoms with Gasteiger partial charge in [-0.1, -0.05) is 19.9 Å². The standard InChI is InChI=1S/C22H23N7O2/c1-3-13-5-4-6-14-11-16(27-29(13)14)18-17-15(23-12-24-17)7-10-28(18)20(30)19-25-26-21(31-19)22(2)8-9-22/h4-6,11-12,18H,3,7-10H2,1-2H3,(H,23,24)/t18-/m1/s1. The van der Waals surface area contributed by atoms with Crippen LogP contribution in [0.3, 0.4) is 0 Å². The van der Waals surface area contributed by atoms with E-state index in [-0.39, 0.29) is 17.2 Å². The van der Waals surface area contributed by atoms with Crippen LogP contribution in [0.5, 0.6) is 0 Å². The van der Waals surface area contributed by atoms with Crippen LogP contribution in [0, 0.1) is 0 Å². The lowest BCUT2D eigenvalue weighted by Crippen LogP contribution is -2.41. The number of carbonyl (C=O) groups excluding carboxylic acids is 1. The zero-order chi connectivity index (χ0) is 21.2. The van der Waals surface area contributed by atoms with Gasteiger partial charge < -0.3 is 14.3 Å². The van der Waals surface area contributed by atoms with Crippen LogP contribution in [0.1, 0.15) is 72.1 Å². The number of fused-ring (bicyclic) bond motifs is 2. The average molecular weight is 417 g/mol. The van der Waals surface area contributed by atoms with Crippen LogP contribution in [-0.4, -0.2) is 47.1 Å².